The summed E-state index contributed by atoms with van der Waals surface area (Å²) in [7, 11) is 4.07. The van der Waals surface area contributed by atoms with Crippen molar-refractivity contribution < 1.29 is 19.6 Å². The van der Waals surface area contributed by atoms with Crippen molar-refractivity contribution in [2.75, 3.05) is 27.2 Å². The number of nitrogens with one attached hydrogen (secondary N) is 1. The zero-order chi connectivity index (χ0) is 20.3. The summed E-state index contributed by atoms with van der Waals surface area (Å²) in [6.07, 6.45) is 3.98. The van der Waals surface area contributed by atoms with Crippen LogP contribution in [0.1, 0.15) is 29.2 Å². The summed E-state index contributed by atoms with van der Waals surface area (Å²) < 4.78 is 0. The third-order valence-electron chi connectivity index (χ3n) is 4.92. The predicted octanol–water partition coefficient (Wildman–Crippen LogP) is 0.149. The Morgan fingerprint density at radius 3 is 2.50 bits per heavy atom. The molecule has 1 saturated heterocycles. The van der Waals surface area contributed by atoms with Crippen LogP contribution in [0, 0.1) is 6.92 Å². The molecular weight excluding hydrogens is 354 g/mol. The van der Waals surface area contributed by atoms with E-state index in [-0.39, 0.29) is 5.57 Å². The number of pyridine rings is 1. The number of ketones is 1. The number of quaternary nitrogens is 1. The molecule has 1 aromatic carbocycles. The Balaban J connectivity index is 2.06. The largest absolute Gasteiger partial charge is 0.872 e. The summed E-state index contributed by atoms with van der Waals surface area (Å²) in [4.78, 5) is 32.4. The molecule has 6 nitrogen and oxygen atoms in total. The molecule has 1 atom stereocenters. The first-order chi connectivity index (χ1) is 13.4. The Morgan fingerprint density at radius 1 is 1.18 bits per heavy atom. The van der Waals surface area contributed by atoms with Crippen LogP contribution in [0.2, 0.25) is 0 Å². The smallest absolute Gasteiger partial charge is 0.295 e. The molecule has 6 heteroatoms. The molecule has 2 aromatic rings. The van der Waals surface area contributed by atoms with Gasteiger partial charge in [0.15, 0.2) is 0 Å². The lowest BCUT2D eigenvalue weighted by Crippen LogP contribution is -3.05. The lowest BCUT2D eigenvalue weighted by molar-refractivity contribution is -0.858. The van der Waals surface area contributed by atoms with Gasteiger partial charge in [0.1, 0.15) is 0 Å². The minimum atomic E-state index is -0.711. The fourth-order valence-corrected chi connectivity index (χ4v) is 3.45. The molecule has 1 unspecified atom stereocenters. The van der Waals surface area contributed by atoms with E-state index in [4.69, 9.17) is 0 Å². The maximum Gasteiger partial charge on any atom is 0.295 e. The van der Waals surface area contributed by atoms with Crippen LogP contribution in [0.5, 0.6) is 0 Å². The third-order valence-corrected chi connectivity index (χ3v) is 4.92. The third kappa shape index (κ3) is 3.97. The molecule has 1 aliphatic rings. The Kier molecular flexibility index (Phi) is 5.90. The molecule has 1 aliphatic heterocycles. The van der Waals surface area contributed by atoms with E-state index < -0.39 is 23.5 Å². The van der Waals surface area contributed by atoms with Crippen molar-refractivity contribution in [3.8, 4) is 0 Å². The zero-order valence-corrected chi connectivity index (χ0v) is 16.4. The molecule has 0 spiro atoms. The van der Waals surface area contributed by atoms with E-state index in [2.05, 4.69) is 4.98 Å². The summed E-state index contributed by atoms with van der Waals surface area (Å²) in [5.74, 6) is -1.72. The van der Waals surface area contributed by atoms with Crippen molar-refractivity contribution in [2.24, 2.45) is 0 Å². The maximum atomic E-state index is 13.2. The van der Waals surface area contributed by atoms with Crippen molar-refractivity contribution >= 4 is 17.4 Å². The Bertz CT molecular complexity index is 889. The second-order valence-corrected chi connectivity index (χ2v) is 7.44. The number of rotatable bonds is 6. The molecule has 1 fully saturated rings. The highest BCUT2D eigenvalue weighted by molar-refractivity contribution is 6.46. The van der Waals surface area contributed by atoms with Crippen molar-refractivity contribution in [2.45, 2.75) is 19.4 Å². The van der Waals surface area contributed by atoms with E-state index in [1.54, 1.807) is 36.7 Å². The van der Waals surface area contributed by atoms with Gasteiger partial charge in [0.05, 0.1) is 26.7 Å². The van der Waals surface area contributed by atoms with Crippen LogP contribution in [-0.4, -0.2) is 48.8 Å². The molecule has 28 heavy (non-hydrogen) atoms. The molecule has 0 bridgehead atoms. The number of amides is 1. The minimum absolute atomic E-state index is 0.0130. The molecule has 1 amide bonds. The van der Waals surface area contributed by atoms with Gasteiger partial charge in [-0.25, -0.2) is 0 Å². The average molecular weight is 379 g/mol. The van der Waals surface area contributed by atoms with Crippen molar-refractivity contribution in [1.82, 2.24) is 9.88 Å². The Labute approximate surface area is 165 Å². The summed E-state index contributed by atoms with van der Waals surface area (Å²) in [6.45, 7) is 3.21. The number of carbonyl (C=O) groups excluding carboxylic acids is 2. The first kappa shape index (κ1) is 19.8. The first-order valence-electron chi connectivity index (χ1n) is 9.42. The first-order valence-corrected chi connectivity index (χ1v) is 9.42. The highest BCUT2D eigenvalue weighted by atomic mass is 16.3. The number of Topliss-reactive ketones (excluding diaryl/α,β-unsaturated/α-hetero) is 1. The van der Waals surface area contributed by atoms with Gasteiger partial charge in [-0.15, -0.1) is 0 Å². The van der Waals surface area contributed by atoms with Gasteiger partial charge in [0, 0.05) is 30.9 Å². The number of aryl methyl sites for hydroxylation is 1. The number of hydrogen-bond acceptors (Lipinski definition) is 4. The highest BCUT2D eigenvalue weighted by Crippen LogP contribution is 2.38. The van der Waals surface area contributed by atoms with Gasteiger partial charge in [0.25, 0.3) is 5.91 Å². The number of likely N-dealkylation sites (tertiary alicyclic amines) is 1. The number of nitrogens with zero attached hydrogens (tertiary/aromatic N) is 2. The van der Waals surface area contributed by atoms with Gasteiger partial charge in [-0.05, 0) is 24.1 Å². The molecule has 2 heterocycles. The van der Waals surface area contributed by atoms with Crippen LogP contribution < -0.4 is 10.0 Å². The normalized spacial score (nSPS) is 18.9. The van der Waals surface area contributed by atoms with Gasteiger partial charge in [0.2, 0.25) is 5.78 Å². The number of benzene rings is 1. The second-order valence-electron chi connectivity index (χ2n) is 7.44. The van der Waals surface area contributed by atoms with Crippen LogP contribution in [-0.2, 0) is 9.59 Å². The van der Waals surface area contributed by atoms with Crippen molar-refractivity contribution in [3.05, 3.63) is 71.1 Å². The summed E-state index contributed by atoms with van der Waals surface area (Å²) in [5.41, 5.74) is 2.12. The second kappa shape index (κ2) is 8.35. The summed E-state index contributed by atoms with van der Waals surface area (Å²) in [5, 5.41) is 13.2. The van der Waals surface area contributed by atoms with E-state index in [1.807, 2.05) is 33.2 Å². The average Bonchev–Trinajstić information content (AvgIpc) is 2.93. The van der Waals surface area contributed by atoms with Crippen LogP contribution in [0.15, 0.2) is 54.4 Å². The fraction of sp³-hybridized carbons (Fsp3) is 0.318. The fourth-order valence-electron chi connectivity index (χ4n) is 3.45. The monoisotopic (exact) mass is 379 g/mol. The van der Waals surface area contributed by atoms with Crippen LogP contribution in [0.25, 0.3) is 5.76 Å². The lowest BCUT2D eigenvalue weighted by Gasteiger charge is -2.27. The highest BCUT2D eigenvalue weighted by Gasteiger charge is 2.44. The predicted molar refractivity (Wildman–Crippen MR) is 104 cm³/mol. The van der Waals surface area contributed by atoms with E-state index in [0.29, 0.717) is 17.7 Å². The van der Waals surface area contributed by atoms with Gasteiger partial charge in [-0.3, -0.25) is 14.6 Å². The van der Waals surface area contributed by atoms with E-state index >= 15 is 0 Å². The molecule has 3 rings (SSSR count). The standard InChI is InChI=1S/C22H25N3O3/c1-15-7-9-16(10-8-15)20(26)18-19(17-6-4-11-23-14-17)25(22(28)21(18)27)13-5-12-24(2)3/h4,6-11,14,19,26H,5,12-13H2,1-3H3. The lowest BCUT2D eigenvalue weighted by atomic mass is 9.96. The maximum absolute atomic E-state index is 13.2. The molecule has 0 saturated carbocycles. The van der Waals surface area contributed by atoms with Crippen LogP contribution >= 0.6 is 0 Å². The minimum Gasteiger partial charge on any atom is -0.872 e. The van der Waals surface area contributed by atoms with Gasteiger partial charge in [-0.2, -0.15) is 0 Å². The molecule has 1 N–H and O–H groups in total. The van der Waals surface area contributed by atoms with E-state index in [1.165, 1.54) is 9.80 Å². The number of carbonyl (C=O) groups is 2. The molecule has 146 valence electrons. The van der Waals surface area contributed by atoms with Crippen molar-refractivity contribution in [3.63, 3.8) is 0 Å². The van der Waals surface area contributed by atoms with Gasteiger partial charge >= 0.3 is 0 Å². The number of aromatic nitrogens is 1. The summed E-state index contributed by atoms with van der Waals surface area (Å²) >= 11 is 0. The van der Waals surface area contributed by atoms with E-state index in [0.717, 1.165) is 18.5 Å². The van der Waals surface area contributed by atoms with Crippen LogP contribution in [0.4, 0.5) is 0 Å². The zero-order valence-electron chi connectivity index (χ0n) is 16.4. The topological polar surface area (TPSA) is 77.8 Å². The van der Waals surface area contributed by atoms with Gasteiger partial charge < -0.3 is 14.9 Å². The van der Waals surface area contributed by atoms with Crippen LogP contribution in [0.3, 0.4) is 0 Å². The summed E-state index contributed by atoms with van der Waals surface area (Å²) in [6, 6.07) is 9.90. The van der Waals surface area contributed by atoms with Gasteiger partial charge in [-0.1, -0.05) is 41.7 Å². The van der Waals surface area contributed by atoms with Crippen molar-refractivity contribution in [1.29, 1.82) is 0 Å². The van der Waals surface area contributed by atoms with E-state index in [9.17, 15) is 14.7 Å². The molecule has 0 radical (unpaired) electrons. The molecular formula is C22H25N3O3. The quantitative estimate of drug-likeness (QED) is 0.440. The Morgan fingerprint density at radius 2 is 1.89 bits per heavy atom. The molecule has 1 aromatic heterocycles. The molecule has 0 aliphatic carbocycles. The Hall–Kier alpha value is -2.99. The SMILES string of the molecule is Cc1ccc(C([O-])=C2C(=O)C(=O)N(CCC[NH+](C)C)C2c2cccnc2)cc1. The number of hydrogen-bond donors (Lipinski definition) is 1.